The van der Waals surface area contributed by atoms with Crippen molar-refractivity contribution >= 4 is 28.8 Å². The van der Waals surface area contributed by atoms with Crippen molar-refractivity contribution in [1.82, 2.24) is 15.3 Å². The number of likely N-dealkylation sites (N-methyl/N-ethyl adjacent to an activating group) is 1. The Hall–Kier alpha value is -2.93. The van der Waals surface area contributed by atoms with Gasteiger partial charge in [-0.25, -0.2) is 9.97 Å². The fraction of sp³-hybridized carbons (Fsp3) is 0.519. The molecular formula is C27H33ClF3N5O4. The molecule has 2 aliphatic rings. The summed E-state index contributed by atoms with van der Waals surface area (Å²) in [7, 11) is 1.72. The molecule has 2 heterocycles. The molecule has 2 fully saturated rings. The maximum atomic E-state index is 12.6. The van der Waals surface area contributed by atoms with Gasteiger partial charge in [-0.3, -0.25) is 9.53 Å². The third kappa shape index (κ3) is 6.51. The monoisotopic (exact) mass is 583 g/mol. The van der Waals surface area contributed by atoms with Crippen LogP contribution in [0.25, 0.3) is 17.0 Å². The summed E-state index contributed by atoms with van der Waals surface area (Å²) in [6, 6.07) is 4.94. The number of halogens is 4. The van der Waals surface area contributed by atoms with E-state index in [-0.39, 0.29) is 29.2 Å². The largest absolute Gasteiger partial charge is 0.522 e. The minimum absolute atomic E-state index is 0.0473. The van der Waals surface area contributed by atoms with E-state index < -0.39 is 18.6 Å². The van der Waals surface area contributed by atoms with Crippen LogP contribution in [0.5, 0.6) is 5.75 Å². The van der Waals surface area contributed by atoms with Gasteiger partial charge in [0.15, 0.2) is 11.6 Å². The standard InChI is InChI=1S/C27H33ClF3N5O4/c1-14-23(22(15(2)32)16(3)37)34-24(20-7-18(5-6-21(20)28)39-11-17(38)10-33-4)35-25(14)36-12-26(13-36)8-19(9-26)40-27(29,30)31/h5-7,17,19,33,38H,8-13,32H2,1-4H3/t17-/m1/s1. The third-order valence-corrected chi connectivity index (χ3v) is 7.47. The summed E-state index contributed by atoms with van der Waals surface area (Å²) in [5.74, 6) is 0.936. The zero-order valence-electron chi connectivity index (χ0n) is 22.7. The molecule has 218 valence electrons. The van der Waals surface area contributed by atoms with E-state index in [9.17, 15) is 23.1 Å². The molecule has 4 rings (SSSR count). The fourth-order valence-corrected chi connectivity index (χ4v) is 5.61. The number of ketones is 1. The number of aromatic nitrogens is 2. The third-order valence-electron chi connectivity index (χ3n) is 7.14. The van der Waals surface area contributed by atoms with Gasteiger partial charge in [-0.1, -0.05) is 11.6 Å². The zero-order valence-corrected chi connectivity index (χ0v) is 23.5. The maximum Gasteiger partial charge on any atom is 0.522 e. The summed E-state index contributed by atoms with van der Waals surface area (Å²) in [5.41, 5.74) is 7.77. The van der Waals surface area contributed by atoms with E-state index in [1.54, 1.807) is 39.1 Å². The van der Waals surface area contributed by atoms with Gasteiger partial charge in [-0.2, -0.15) is 0 Å². The fourth-order valence-electron chi connectivity index (χ4n) is 5.41. The Morgan fingerprint density at radius 1 is 1.30 bits per heavy atom. The molecule has 1 saturated carbocycles. The molecule has 4 N–H and O–H groups in total. The Kier molecular flexibility index (Phi) is 8.65. The number of nitrogens with zero attached hydrogens (tertiary/aromatic N) is 3. The second-order valence-corrected chi connectivity index (χ2v) is 11.0. The predicted octanol–water partition coefficient (Wildman–Crippen LogP) is 3.85. The molecule has 1 aliphatic carbocycles. The number of rotatable bonds is 10. The normalized spacial score (nSPS) is 18.2. The molecule has 13 heteroatoms. The Labute approximate surface area is 235 Å². The first-order valence-electron chi connectivity index (χ1n) is 12.8. The number of allylic oxidation sites excluding steroid dienone is 2. The Bertz CT molecular complexity index is 1300. The molecule has 1 atom stereocenters. The van der Waals surface area contributed by atoms with Crippen LogP contribution >= 0.6 is 11.6 Å². The second kappa shape index (κ2) is 11.5. The smallest absolute Gasteiger partial charge is 0.491 e. The SMILES string of the molecule is CNC[C@@H](O)COc1ccc(Cl)c(-c2nc(C(C(C)=O)=C(C)N)c(C)c(N3CC4(CC(OC(F)(F)F)C4)C3)n2)c1. The molecule has 1 aromatic carbocycles. The molecule has 40 heavy (non-hydrogen) atoms. The van der Waals surface area contributed by atoms with Crippen LogP contribution in [0.2, 0.25) is 5.02 Å². The van der Waals surface area contributed by atoms with Gasteiger partial charge in [0, 0.05) is 41.9 Å². The van der Waals surface area contributed by atoms with Crippen molar-refractivity contribution in [3.05, 3.63) is 40.2 Å². The lowest BCUT2D eigenvalue weighted by Crippen LogP contribution is -2.65. The van der Waals surface area contributed by atoms with Crippen LogP contribution < -0.4 is 20.7 Å². The minimum Gasteiger partial charge on any atom is -0.491 e. The minimum atomic E-state index is -4.65. The summed E-state index contributed by atoms with van der Waals surface area (Å²) in [6.07, 6.45) is -5.61. The van der Waals surface area contributed by atoms with Gasteiger partial charge in [0.25, 0.3) is 0 Å². The number of anilines is 1. The molecule has 0 radical (unpaired) electrons. The highest BCUT2D eigenvalue weighted by molar-refractivity contribution is 6.33. The molecule has 1 aromatic heterocycles. The molecule has 9 nitrogen and oxygen atoms in total. The molecule has 1 aliphatic heterocycles. The first-order chi connectivity index (χ1) is 18.7. The number of alkyl halides is 3. The van der Waals surface area contributed by atoms with Crippen LogP contribution in [0.4, 0.5) is 19.0 Å². The average Bonchev–Trinajstić information content (AvgIpc) is 2.80. The Morgan fingerprint density at radius 3 is 2.55 bits per heavy atom. The van der Waals surface area contributed by atoms with Crippen LogP contribution in [0.15, 0.2) is 23.9 Å². The summed E-state index contributed by atoms with van der Waals surface area (Å²) >= 11 is 6.55. The summed E-state index contributed by atoms with van der Waals surface area (Å²) < 4.78 is 47.7. The number of carbonyl (C=O) groups is 1. The van der Waals surface area contributed by atoms with Crippen LogP contribution in [-0.2, 0) is 9.53 Å². The first kappa shape index (κ1) is 30.0. The highest BCUT2D eigenvalue weighted by Gasteiger charge is 2.55. The summed E-state index contributed by atoms with van der Waals surface area (Å²) in [4.78, 5) is 24.0. The number of aliphatic hydroxyl groups is 1. The van der Waals surface area contributed by atoms with E-state index in [2.05, 4.69) is 10.1 Å². The lowest BCUT2D eigenvalue weighted by molar-refractivity contribution is -0.360. The van der Waals surface area contributed by atoms with Crippen molar-refractivity contribution in [2.24, 2.45) is 11.1 Å². The van der Waals surface area contributed by atoms with Gasteiger partial charge in [-0.05, 0) is 58.9 Å². The van der Waals surface area contributed by atoms with Crippen molar-refractivity contribution in [3.8, 4) is 17.1 Å². The van der Waals surface area contributed by atoms with Gasteiger partial charge < -0.3 is 25.8 Å². The Balaban J connectivity index is 1.68. The van der Waals surface area contributed by atoms with Crippen LogP contribution in [0.1, 0.15) is 37.9 Å². The summed E-state index contributed by atoms with van der Waals surface area (Å²) in [5, 5.41) is 13.2. The lowest BCUT2D eigenvalue weighted by atomic mass is 9.61. The second-order valence-electron chi connectivity index (χ2n) is 10.6. The van der Waals surface area contributed by atoms with Gasteiger partial charge in [0.05, 0.1) is 22.4 Å². The maximum absolute atomic E-state index is 12.6. The van der Waals surface area contributed by atoms with E-state index in [0.29, 0.717) is 71.6 Å². The highest BCUT2D eigenvalue weighted by atomic mass is 35.5. The molecule has 0 amide bonds. The van der Waals surface area contributed by atoms with Crippen LogP contribution in [0.3, 0.4) is 0 Å². The van der Waals surface area contributed by atoms with Gasteiger partial charge in [-0.15, -0.1) is 13.2 Å². The number of nitrogens with two attached hydrogens (primary N) is 1. The zero-order chi connectivity index (χ0) is 29.4. The van der Waals surface area contributed by atoms with Crippen molar-refractivity contribution in [2.75, 3.05) is 38.2 Å². The molecule has 2 aromatic rings. The number of benzene rings is 1. The molecule has 0 bridgehead atoms. The highest BCUT2D eigenvalue weighted by Crippen LogP contribution is 2.52. The van der Waals surface area contributed by atoms with E-state index in [0.717, 1.165) is 0 Å². The predicted molar refractivity (Wildman–Crippen MR) is 145 cm³/mol. The molecule has 1 spiro atoms. The van der Waals surface area contributed by atoms with Gasteiger partial charge in [0.2, 0.25) is 0 Å². The first-order valence-corrected chi connectivity index (χ1v) is 13.2. The molecular weight excluding hydrogens is 551 g/mol. The van der Waals surface area contributed by atoms with Crippen molar-refractivity contribution in [1.29, 1.82) is 0 Å². The van der Waals surface area contributed by atoms with Crippen molar-refractivity contribution < 1.29 is 32.5 Å². The number of hydrogen-bond acceptors (Lipinski definition) is 9. The average molecular weight is 584 g/mol. The van der Waals surface area contributed by atoms with E-state index in [1.807, 2.05) is 4.90 Å². The number of aliphatic hydroxyl groups excluding tert-OH is 1. The lowest BCUT2D eigenvalue weighted by Gasteiger charge is -2.59. The Morgan fingerprint density at radius 2 is 1.98 bits per heavy atom. The van der Waals surface area contributed by atoms with Gasteiger partial charge in [0.1, 0.15) is 24.3 Å². The topological polar surface area (TPSA) is 123 Å². The number of carbonyl (C=O) groups excluding carboxylic acids is 1. The summed E-state index contributed by atoms with van der Waals surface area (Å²) in [6.45, 7) is 6.18. The van der Waals surface area contributed by atoms with Crippen LogP contribution in [0, 0.1) is 12.3 Å². The van der Waals surface area contributed by atoms with Crippen molar-refractivity contribution in [3.63, 3.8) is 0 Å². The van der Waals surface area contributed by atoms with E-state index in [4.69, 9.17) is 32.0 Å². The number of Topliss-reactive ketones (excluding diaryl/α,β-unsaturated/α-hetero) is 1. The number of nitrogens with one attached hydrogen (secondary N) is 1. The van der Waals surface area contributed by atoms with Gasteiger partial charge >= 0.3 is 6.36 Å². The number of ether oxygens (including phenoxy) is 2. The van der Waals surface area contributed by atoms with E-state index >= 15 is 0 Å². The molecule has 0 unspecified atom stereocenters. The molecule has 1 saturated heterocycles. The quantitative estimate of drug-likeness (QED) is 0.358. The number of hydrogen-bond donors (Lipinski definition) is 3. The van der Waals surface area contributed by atoms with Crippen LogP contribution in [-0.4, -0.2) is 72.7 Å². The van der Waals surface area contributed by atoms with E-state index in [1.165, 1.54) is 6.92 Å². The van der Waals surface area contributed by atoms with Crippen molar-refractivity contribution in [2.45, 2.75) is 52.2 Å².